The molecule has 3 fully saturated rings. The third-order valence-corrected chi connectivity index (χ3v) is 9.04. The molecule has 4 heteroatoms. The third-order valence-electron chi connectivity index (χ3n) is 9.04. The average Bonchev–Trinajstić information content (AvgIpc) is 2.78. The van der Waals surface area contributed by atoms with E-state index in [0.717, 1.165) is 25.7 Å². The average molecular weight is 348 g/mol. The first-order chi connectivity index (χ1) is 11.6. The van der Waals surface area contributed by atoms with Gasteiger partial charge in [0.15, 0.2) is 0 Å². The number of fused-ring (bicyclic) bond motifs is 3. The van der Waals surface area contributed by atoms with E-state index in [1.54, 1.807) is 0 Å². The van der Waals surface area contributed by atoms with E-state index in [9.17, 15) is 15.0 Å². The first-order valence-corrected chi connectivity index (χ1v) is 9.77. The second-order valence-corrected chi connectivity index (χ2v) is 9.96. The predicted octanol–water partition coefficient (Wildman–Crippen LogP) is 3.64. The molecule has 0 amide bonds. The topological polar surface area (TPSA) is 66.8 Å². The van der Waals surface area contributed by atoms with E-state index in [4.69, 9.17) is 4.74 Å². The lowest BCUT2D eigenvalue weighted by Gasteiger charge is -2.63. The van der Waals surface area contributed by atoms with Gasteiger partial charge >= 0.3 is 5.97 Å². The molecule has 4 aliphatic rings. The van der Waals surface area contributed by atoms with Crippen molar-refractivity contribution in [3.8, 4) is 0 Å². The lowest BCUT2D eigenvalue weighted by molar-refractivity contribution is -0.199. The number of aliphatic hydroxyl groups excluding tert-OH is 1. The van der Waals surface area contributed by atoms with Crippen molar-refractivity contribution in [2.24, 2.45) is 34.0 Å². The zero-order valence-electron chi connectivity index (χ0n) is 15.9. The maximum atomic E-state index is 12.1. The molecule has 0 aliphatic heterocycles. The largest absolute Gasteiger partial charge is 0.481 e. The van der Waals surface area contributed by atoms with Crippen molar-refractivity contribution in [1.82, 2.24) is 0 Å². The lowest BCUT2D eigenvalue weighted by atomic mass is 9.41. The van der Waals surface area contributed by atoms with Crippen molar-refractivity contribution >= 4 is 5.97 Å². The number of hydrogen-bond acceptors (Lipinski definition) is 3. The van der Waals surface area contributed by atoms with E-state index in [-0.39, 0.29) is 28.3 Å². The van der Waals surface area contributed by atoms with Gasteiger partial charge in [-0.25, -0.2) is 0 Å². The molecule has 4 rings (SSSR count). The summed E-state index contributed by atoms with van der Waals surface area (Å²) in [5, 5.41) is 21.0. The van der Waals surface area contributed by atoms with Crippen LogP contribution in [0.15, 0.2) is 12.2 Å². The molecule has 1 spiro atoms. The Hall–Kier alpha value is -0.870. The fourth-order valence-corrected chi connectivity index (χ4v) is 7.53. The van der Waals surface area contributed by atoms with Crippen molar-refractivity contribution in [2.75, 3.05) is 7.11 Å². The molecule has 140 valence electrons. The van der Waals surface area contributed by atoms with Crippen molar-refractivity contribution < 1.29 is 19.7 Å². The Kier molecular flexibility index (Phi) is 3.58. The number of carbonyl (C=O) groups is 1. The van der Waals surface area contributed by atoms with Crippen LogP contribution in [-0.2, 0) is 9.53 Å². The molecule has 2 bridgehead atoms. The van der Waals surface area contributed by atoms with Gasteiger partial charge in [-0.15, -0.1) is 0 Å². The summed E-state index contributed by atoms with van der Waals surface area (Å²) in [7, 11) is 1.81. The van der Waals surface area contributed by atoms with Gasteiger partial charge in [-0.2, -0.15) is 0 Å². The highest BCUT2D eigenvalue weighted by Crippen LogP contribution is 2.71. The number of hydrogen-bond donors (Lipinski definition) is 2. The molecule has 8 atom stereocenters. The second kappa shape index (κ2) is 5.10. The molecule has 4 aliphatic carbocycles. The summed E-state index contributed by atoms with van der Waals surface area (Å²) in [5.74, 6) is -0.00805. The second-order valence-electron chi connectivity index (χ2n) is 9.96. The minimum absolute atomic E-state index is 0.0208. The van der Waals surface area contributed by atoms with Crippen molar-refractivity contribution in [3.05, 3.63) is 12.2 Å². The van der Waals surface area contributed by atoms with E-state index >= 15 is 0 Å². The van der Waals surface area contributed by atoms with Crippen LogP contribution < -0.4 is 0 Å². The highest BCUT2D eigenvalue weighted by atomic mass is 16.5. The van der Waals surface area contributed by atoms with Gasteiger partial charge in [0, 0.05) is 18.4 Å². The van der Waals surface area contributed by atoms with Crippen LogP contribution in [-0.4, -0.2) is 35.0 Å². The van der Waals surface area contributed by atoms with E-state index in [1.807, 2.05) is 14.0 Å². The molecule has 25 heavy (non-hydrogen) atoms. The van der Waals surface area contributed by atoms with Gasteiger partial charge in [-0.05, 0) is 69.6 Å². The van der Waals surface area contributed by atoms with Gasteiger partial charge in [-0.1, -0.05) is 19.1 Å². The molecular formula is C21H32O4. The predicted molar refractivity (Wildman–Crippen MR) is 95.0 cm³/mol. The normalized spacial score (nSPS) is 57.0. The van der Waals surface area contributed by atoms with Crippen LogP contribution in [0.4, 0.5) is 0 Å². The maximum Gasteiger partial charge on any atom is 0.309 e. The number of aliphatic hydroxyl groups is 1. The summed E-state index contributed by atoms with van der Waals surface area (Å²) in [6.45, 7) is 6.29. The van der Waals surface area contributed by atoms with Crippen LogP contribution in [0, 0.1) is 34.0 Å². The minimum Gasteiger partial charge on any atom is -0.481 e. The van der Waals surface area contributed by atoms with E-state index in [1.165, 1.54) is 0 Å². The molecular weight excluding hydrogens is 316 g/mol. The molecule has 0 unspecified atom stereocenters. The molecule has 0 aromatic heterocycles. The van der Waals surface area contributed by atoms with Crippen LogP contribution in [0.5, 0.6) is 0 Å². The molecule has 2 N–H and O–H groups in total. The van der Waals surface area contributed by atoms with Gasteiger partial charge in [-0.3, -0.25) is 4.79 Å². The number of carboxylic acids is 1. The number of methoxy groups -OCH3 is 1. The summed E-state index contributed by atoms with van der Waals surface area (Å²) >= 11 is 0. The standard InChI is InChI=1S/C21H32O4/c1-18(17(23)24)9-8-16(22)20(3)14(18)7-10-21-11-13(5-6-15(20)21)19(2,12-21)25-4/h5-6,13-16,22H,7-12H2,1-4H3,(H,23,24)/t13-,14+,15-,16-,18-,19+,20+,21-/m1/s1. The SMILES string of the molecule is CO[C@@]1(C)C[C@]23CC[C@@H]4[C@](C)([C@H](O)CC[C@@]4(C)C(=O)O)[C@H]2C=C[C@@H]1C3. The summed E-state index contributed by atoms with van der Waals surface area (Å²) in [6, 6.07) is 0. The van der Waals surface area contributed by atoms with E-state index in [2.05, 4.69) is 26.0 Å². The fourth-order valence-electron chi connectivity index (χ4n) is 7.53. The number of allylic oxidation sites excluding steroid dienone is 1. The van der Waals surface area contributed by atoms with Gasteiger partial charge in [0.25, 0.3) is 0 Å². The highest BCUT2D eigenvalue weighted by molar-refractivity contribution is 5.75. The Morgan fingerprint density at radius 2 is 1.88 bits per heavy atom. The Bertz CT molecular complexity index is 629. The quantitative estimate of drug-likeness (QED) is 0.748. The van der Waals surface area contributed by atoms with E-state index < -0.39 is 17.5 Å². The van der Waals surface area contributed by atoms with Gasteiger partial charge in [0.05, 0.1) is 17.1 Å². The van der Waals surface area contributed by atoms with Crippen LogP contribution >= 0.6 is 0 Å². The lowest BCUT2D eigenvalue weighted by Crippen LogP contribution is -2.62. The number of aliphatic carboxylic acids is 1. The number of carboxylic acid groups (broad SMARTS) is 1. The number of rotatable bonds is 2. The summed E-state index contributed by atoms with van der Waals surface area (Å²) in [6.07, 6.45) is 9.42. The molecule has 0 aromatic rings. The minimum atomic E-state index is -0.733. The summed E-state index contributed by atoms with van der Waals surface area (Å²) in [4.78, 5) is 12.1. The van der Waals surface area contributed by atoms with Gasteiger partial charge in [0.1, 0.15) is 0 Å². The van der Waals surface area contributed by atoms with Crippen molar-refractivity contribution in [2.45, 2.75) is 71.0 Å². The Morgan fingerprint density at radius 1 is 1.16 bits per heavy atom. The third kappa shape index (κ3) is 1.98. The zero-order valence-corrected chi connectivity index (χ0v) is 15.9. The maximum absolute atomic E-state index is 12.1. The molecule has 0 radical (unpaired) electrons. The summed E-state index contributed by atoms with van der Waals surface area (Å²) in [5.41, 5.74) is -1.09. The summed E-state index contributed by atoms with van der Waals surface area (Å²) < 4.78 is 5.92. The van der Waals surface area contributed by atoms with Crippen molar-refractivity contribution in [1.29, 1.82) is 0 Å². The molecule has 3 saturated carbocycles. The van der Waals surface area contributed by atoms with Crippen LogP contribution in [0.2, 0.25) is 0 Å². The van der Waals surface area contributed by atoms with Crippen LogP contribution in [0.1, 0.15) is 59.3 Å². The first kappa shape index (κ1) is 17.5. The van der Waals surface area contributed by atoms with Crippen molar-refractivity contribution in [3.63, 3.8) is 0 Å². The Labute approximate surface area is 150 Å². The smallest absolute Gasteiger partial charge is 0.309 e. The first-order valence-electron chi connectivity index (χ1n) is 9.77. The van der Waals surface area contributed by atoms with Gasteiger partial charge < -0.3 is 14.9 Å². The Morgan fingerprint density at radius 3 is 2.52 bits per heavy atom. The molecule has 4 nitrogen and oxygen atoms in total. The number of ether oxygens (including phenoxy) is 1. The van der Waals surface area contributed by atoms with Crippen LogP contribution in [0.25, 0.3) is 0 Å². The van der Waals surface area contributed by atoms with Crippen LogP contribution in [0.3, 0.4) is 0 Å². The Balaban J connectivity index is 1.80. The highest BCUT2D eigenvalue weighted by Gasteiger charge is 2.69. The fraction of sp³-hybridized carbons (Fsp3) is 0.857. The molecule has 0 heterocycles. The van der Waals surface area contributed by atoms with Gasteiger partial charge in [0.2, 0.25) is 0 Å². The molecule has 0 saturated heterocycles. The monoisotopic (exact) mass is 348 g/mol. The molecule has 0 aromatic carbocycles. The zero-order chi connectivity index (χ0) is 18.3. The van der Waals surface area contributed by atoms with E-state index in [0.29, 0.717) is 18.8 Å².